The lowest BCUT2D eigenvalue weighted by molar-refractivity contribution is 0.414. The van der Waals surface area contributed by atoms with Crippen LogP contribution in [0.25, 0.3) is 11.1 Å². The van der Waals surface area contributed by atoms with Crippen LogP contribution in [0, 0.1) is 0 Å². The third kappa shape index (κ3) is 4.15. The summed E-state index contributed by atoms with van der Waals surface area (Å²) in [6.07, 6.45) is -0.0832. The Bertz CT molecular complexity index is 1260. The first-order chi connectivity index (χ1) is 16.7. The third-order valence-corrected chi connectivity index (χ3v) is 6.41. The Balaban J connectivity index is 1.49. The van der Waals surface area contributed by atoms with Crippen molar-refractivity contribution in [2.45, 2.75) is 19.1 Å². The van der Waals surface area contributed by atoms with E-state index in [0.29, 0.717) is 0 Å². The number of nitrogens with zero attached hydrogens (tertiary/aromatic N) is 2. The number of methoxy groups -OCH3 is 2. The topological polar surface area (TPSA) is 34.1 Å². The molecule has 0 aromatic heterocycles. The smallest absolute Gasteiger partial charge is 0.148 e. The molecule has 4 aromatic carbocycles. The minimum atomic E-state index is -0.0832. The zero-order chi connectivity index (χ0) is 23.5. The van der Waals surface area contributed by atoms with Crippen LogP contribution in [0.5, 0.6) is 11.5 Å². The lowest BCUT2D eigenvalue weighted by Gasteiger charge is -2.30. The molecule has 0 N–H and O–H groups in total. The first-order valence-electron chi connectivity index (χ1n) is 11.5. The molecule has 2 atom stereocenters. The van der Waals surface area contributed by atoms with Crippen LogP contribution in [-0.4, -0.2) is 26.0 Å². The van der Waals surface area contributed by atoms with Gasteiger partial charge in [-0.05, 0) is 77.7 Å². The molecular weight excluding hydrogens is 420 g/mol. The van der Waals surface area contributed by atoms with Crippen molar-refractivity contribution in [3.63, 3.8) is 0 Å². The molecule has 0 aliphatic carbocycles. The molecule has 0 radical (unpaired) electrons. The lowest BCUT2D eigenvalue weighted by atomic mass is 10.0. The predicted octanol–water partition coefficient (Wildman–Crippen LogP) is 6.77. The number of benzene rings is 4. The van der Waals surface area contributed by atoms with Gasteiger partial charge in [-0.3, -0.25) is 4.99 Å². The number of hydrogen-bond donors (Lipinski definition) is 0. The minimum Gasteiger partial charge on any atom is -0.497 e. The zero-order valence-corrected chi connectivity index (χ0v) is 19.7. The van der Waals surface area contributed by atoms with Crippen LogP contribution < -0.4 is 14.4 Å². The Morgan fingerprint density at radius 3 is 1.65 bits per heavy atom. The van der Waals surface area contributed by atoms with Gasteiger partial charge in [0.15, 0.2) is 0 Å². The summed E-state index contributed by atoms with van der Waals surface area (Å²) in [5, 5.41) is 0. The maximum Gasteiger partial charge on any atom is 0.148 e. The van der Waals surface area contributed by atoms with Crippen molar-refractivity contribution in [3.8, 4) is 22.6 Å². The van der Waals surface area contributed by atoms with E-state index in [-0.39, 0.29) is 12.2 Å². The molecular formula is C30H28N2O2. The van der Waals surface area contributed by atoms with Crippen LogP contribution >= 0.6 is 0 Å². The molecule has 1 aliphatic rings. The van der Waals surface area contributed by atoms with Crippen LogP contribution in [0.4, 0.5) is 5.69 Å². The van der Waals surface area contributed by atoms with Gasteiger partial charge in [0.1, 0.15) is 17.7 Å². The average molecular weight is 449 g/mol. The van der Waals surface area contributed by atoms with Gasteiger partial charge in [-0.2, -0.15) is 0 Å². The van der Waals surface area contributed by atoms with Crippen LogP contribution in [-0.2, 0) is 0 Å². The van der Waals surface area contributed by atoms with E-state index in [4.69, 9.17) is 14.5 Å². The summed E-state index contributed by atoms with van der Waals surface area (Å²) >= 11 is 0. The molecule has 0 bridgehead atoms. The van der Waals surface area contributed by atoms with E-state index in [1.165, 1.54) is 11.1 Å². The average Bonchev–Trinajstić information content (AvgIpc) is 3.26. The Morgan fingerprint density at radius 2 is 1.12 bits per heavy atom. The Hall–Kier alpha value is -4.05. The fourth-order valence-corrected chi connectivity index (χ4v) is 4.56. The van der Waals surface area contributed by atoms with Gasteiger partial charge in [0.2, 0.25) is 0 Å². The molecule has 0 fully saturated rings. The molecule has 0 spiro atoms. The fourth-order valence-electron chi connectivity index (χ4n) is 4.56. The second-order valence-corrected chi connectivity index (χ2v) is 8.39. The molecule has 5 rings (SSSR count). The standard InChI is InChI=1S/C30H28N2O2/c1-21-29(24-13-19-28(34-3)20-14-24)31-30(25-7-5-4-6-8-25)32(21)26-15-9-22(10-16-26)23-11-17-27(33-2)18-12-23/h4-21,30H,1-3H3. The summed E-state index contributed by atoms with van der Waals surface area (Å²) in [6, 6.07) is 35.7. The van der Waals surface area contributed by atoms with Gasteiger partial charge in [0, 0.05) is 5.69 Å². The summed E-state index contributed by atoms with van der Waals surface area (Å²) < 4.78 is 10.6. The van der Waals surface area contributed by atoms with Gasteiger partial charge in [0.05, 0.1) is 26.0 Å². The van der Waals surface area contributed by atoms with Gasteiger partial charge in [-0.1, -0.05) is 54.6 Å². The zero-order valence-electron chi connectivity index (χ0n) is 19.7. The molecule has 0 amide bonds. The van der Waals surface area contributed by atoms with Crippen molar-refractivity contribution in [2.75, 3.05) is 19.1 Å². The van der Waals surface area contributed by atoms with Crippen molar-refractivity contribution >= 4 is 11.4 Å². The molecule has 1 heterocycles. The highest BCUT2D eigenvalue weighted by Gasteiger charge is 2.35. The van der Waals surface area contributed by atoms with Gasteiger partial charge in [-0.25, -0.2) is 0 Å². The minimum absolute atomic E-state index is 0.0832. The van der Waals surface area contributed by atoms with E-state index >= 15 is 0 Å². The Morgan fingerprint density at radius 1 is 0.618 bits per heavy atom. The molecule has 0 saturated heterocycles. The van der Waals surface area contributed by atoms with Crippen LogP contribution in [0.15, 0.2) is 108 Å². The summed E-state index contributed by atoms with van der Waals surface area (Å²) in [5.74, 6) is 1.71. The highest BCUT2D eigenvalue weighted by molar-refractivity contribution is 6.08. The molecule has 1 aliphatic heterocycles. The largest absolute Gasteiger partial charge is 0.497 e. The van der Waals surface area contributed by atoms with Crippen molar-refractivity contribution in [2.24, 2.45) is 4.99 Å². The predicted molar refractivity (Wildman–Crippen MR) is 139 cm³/mol. The van der Waals surface area contributed by atoms with Gasteiger partial charge < -0.3 is 14.4 Å². The highest BCUT2D eigenvalue weighted by atomic mass is 16.5. The van der Waals surface area contributed by atoms with Crippen LogP contribution in [0.3, 0.4) is 0 Å². The van der Waals surface area contributed by atoms with Crippen LogP contribution in [0.1, 0.15) is 24.2 Å². The van der Waals surface area contributed by atoms with E-state index in [1.807, 2.05) is 30.3 Å². The Kier molecular flexibility index (Phi) is 6.05. The molecule has 4 nitrogen and oxygen atoms in total. The third-order valence-electron chi connectivity index (χ3n) is 6.41. The summed E-state index contributed by atoms with van der Waals surface area (Å²) in [6.45, 7) is 2.23. The first kappa shape index (κ1) is 21.8. The highest BCUT2D eigenvalue weighted by Crippen LogP contribution is 2.38. The second-order valence-electron chi connectivity index (χ2n) is 8.39. The molecule has 4 heteroatoms. The quantitative estimate of drug-likeness (QED) is 0.326. The Labute approximate surface area is 201 Å². The first-order valence-corrected chi connectivity index (χ1v) is 11.5. The monoisotopic (exact) mass is 448 g/mol. The molecule has 170 valence electrons. The van der Waals surface area contributed by atoms with E-state index in [0.717, 1.165) is 34.0 Å². The number of aliphatic imine (C=N–C) groups is 1. The number of hydrogen-bond acceptors (Lipinski definition) is 4. The van der Waals surface area contributed by atoms with E-state index in [1.54, 1.807) is 14.2 Å². The van der Waals surface area contributed by atoms with E-state index in [9.17, 15) is 0 Å². The normalized spacial score (nSPS) is 17.4. The van der Waals surface area contributed by atoms with Gasteiger partial charge in [0.25, 0.3) is 0 Å². The number of rotatable bonds is 6. The van der Waals surface area contributed by atoms with Crippen LogP contribution in [0.2, 0.25) is 0 Å². The second kappa shape index (κ2) is 9.44. The molecule has 4 aromatic rings. The number of ether oxygens (including phenoxy) is 2. The molecule has 2 unspecified atom stereocenters. The van der Waals surface area contributed by atoms with E-state index < -0.39 is 0 Å². The lowest BCUT2D eigenvalue weighted by Crippen LogP contribution is -2.35. The maximum atomic E-state index is 5.34. The van der Waals surface area contributed by atoms with Crippen molar-refractivity contribution < 1.29 is 9.47 Å². The van der Waals surface area contributed by atoms with Crippen molar-refractivity contribution in [3.05, 3.63) is 114 Å². The van der Waals surface area contributed by atoms with Crippen molar-refractivity contribution in [1.82, 2.24) is 0 Å². The van der Waals surface area contributed by atoms with Gasteiger partial charge in [-0.15, -0.1) is 0 Å². The van der Waals surface area contributed by atoms with Crippen molar-refractivity contribution in [1.29, 1.82) is 0 Å². The summed E-state index contributed by atoms with van der Waals surface area (Å²) in [5.41, 5.74) is 6.85. The fraction of sp³-hybridized carbons (Fsp3) is 0.167. The summed E-state index contributed by atoms with van der Waals surface area (Å²) in [7, 11) is 3.37. The van der Waals surface area contributed by atoms with Gasteiger partial charge >= 0.3 is 0 Å². The maximum absolute atomic E-state index is 5.34. The SMILES string of the molecule is COc1ccc(C2=NC(c3ccccc3)N(c3ccc(-c4ccc(OC)cc4)cc3)C2C)cc1. The molecule has 0 saturated carbocycles. The van der Waals surface area contributed by atoms with E-state index in [2.05, 4.69) is 84.6 Å². The summed E-state index contributed by atoms with van der Waals surface area (Å²) in [4.78, 5) is 7.61. The number of anilines is 1. The molecule has 34 heavy (non-hydrogen) atoms.